The van der Waals surface area contributed by atoms with E-state index in [2.05, 4.69) is 5.32 Å². The molecule has 21 heavy (non-hydrogen) atoms. The Bertz CT molecular complexity index is 735. The molecule has 0 fully saturated rings. The zero-order chi connectivity index (χ0) is 15.6. The third-order valence-electron chi connectivity index (χ3n) is 2.60. The van der Waals surface area contributed by atoms with Crippen LogP contribution in [0.3, 0.4) is 0 Å². The van der Waals surface area contributed by atoms with Crippen molar-refractivity contribution in [1.82, 2.24) is 0 Å². The molecule has 2 rings (SSSR count). The normalized spacial score (nSPS) is 10.2. The number of nitrogens with one attached hydrogen (secondary N) is 1. The van der Waals surface area contributed by atoms with Gasteiger partial charge in [0.05, 0.1) is 20.7 Å². The highest BCUT2D eigenvalue weighted by molar-refractivity contribution is 6.44. The van der Waals surface area contributed by atoms with Crippen LogP contribution in [0.5, 0.6) is 0 Å². The summed E-state index contributed by atoms with van der Waals surface area (Å²) in [5.41, 5.74) is -0.253. The second-order valence-electron chi connectivity index (χ2n) is 3.97. The van der Waals surface area contributed by atoms with Crippen LogP contribution in [0.15, 0.2) is 36.4 Å². The molecular formula is C13H7Cl3N2O3. The maximum Gasteiger partial charge on any atom is 0.283 e. The highest BCUT2D eigenvalue weighted by atomic mass is 35.5. The summed E-state index contributed by atoms with van der Waals surface area (Å²) in [6.07, 6.45) is 0. The summed E-state index contributed by atoms with van der Waals surface area (Å²) in [5, 5.41) is 14.0. The quantitative estimate of drug-likeness (QED) is 0.641. The Morgan fingerprint density at radius 3 is 2.52 bits per heavy atom. The van der Waals surface area contributed by atoms with Crippen molar-refractivity contribution in [3.8, 4) is 0 Å². The summed E-state index contributed by atoms with van der Waals surface area (Å²) in [7, 11) is 0. The van der Waals surface area contributed by atoms with Gasteiger partial charge in [0, 0.05) is 11.1 Å². The molecule has 1 amide bonds. The van der Waals surface area contributed by atoms with Crippen molar-refractivity contribution >= 4 is 52.1 Å². The smallest absolute Gasteiger partial charge is 0.283 e. The molecule has 2 aromatic rings. The SMILES string of the molecule is O=C(Nc1cccc(Cl)c1Cl)c1ccc(Cl)cc1[N+](=O)[O-]. The zero-order valence-corrected chi connectivity index (χ0v) is 12.5. The fourth-order valence-electron chi connectivity index (χ4n) is 1.64. The number of nitrogens with zero attached hydrogens (tertiary/aromatic N) is 1. The lowest BCUT2D eigenvalue weighted by Crippen LogP contribution is -2.14. The van der Waals surface area contributed by atoms with Crippen LogP contribution in [0.2, 0.25) is 15.1 Å². The number of amides is 1. The Morgan fingerprint density at radius 1 is 1.14 bits per heavy atom. The lowest BCUT2D eigenvalue weighted by Gasteiger charge is -2.08. The second-order valence-corrected chi connectivity index (χ2v) is 5.20. The summed E-state index contributed by atoms with van der Waals surface area (Å²) in [4.78, 5) is 22.4. The first-order chi connectivity index (χ1) is 9.90. The Balaban J connectivity index is 2.37. The minimum atomic E-state index is -0.680. The highest BCUT2D eigenvalue weighted by Crippen LogP contribution is 2.31. The van der Waals surface area contributed by atoms with Crippen LogP contribution in [-0.2, 0) is 0 Å². The number of rotatable bonds is 3. The van der Waals surface area contributed by atoms with Gasteiger partial charge >= 0.3 is 0 Å². The molecule has 0 saturated heterocycles. The fourth-order valence-corrected chi connectivity index (χ4v) is 2.15. The second kappa shape index (κ2) is 6.30. The standard InChI is InChI=1S/C13H7Cl3N2O3/c14-7-4-5-8(11(6-7)18(20)21)13(19)17-10-3-1-2-9(15)12(10)16/h1-6H,(H,17,19). The number of halogens is 3. The molecule has 0 unspecified atom stereocenters. The Labute approximate surface area is 134 Å². The monoisotopic (exact) mass is 344 g/mol. The first-order valence-electron chi connectivity index (χ1n) is 5.59. The summed E-state index contributed by atoms with van der Waals surface area (Å²) in [5.74, 6) is -0.678. The molecule has 0 atom stereocenters. The van der Waals surface area contributed by atoms with Crippen LogP contribution >= 0.6 is 34.8 Å². The van der Waals surface area contributed by atoms with Crippen molar-refractivity contribution in [2.45, 2.75) is 0 Å². The van der Waals surface area contributed by atoms with Crippen LogP contribution in [0.4, 0.5) is 11.4 Å². The van der Waals surface area contributed by atoms with Gasteiger partial charge in [0.2, 0.25) is 0 Å². The lowest BCUT2D eigenvalue weighted by molar-refractivity contribution is -0.385. The van der Waals surface area contributed by atoms with E-state index in [1.54, 1.807) is 12.1 Å². The molecule has 0 aliphatic heterocycles. The van der Waals surface area contributed by atoms with E-state index in [-0.39, 0.29) is 26.3 Å². The topological polar surface area (TPSA) is 72.2 Å². The summed E-state index contributed by atoms with van der Waals surface area (Å²) in [6, 6.07) is 8.46. The minimum Gasteiger partial charge on any atom is -0.320 e. The zero-order valence-electron chi connectivity index (χ0n) is 10.3. The van der Waals surface area contributed by atoms with E-state index >= 15 is 0 Å². The van der Waals surface area contributed by atoms with E-state index in [1.165, 1.54) is 18.2 Å². The lowest BCUT2D eigenvalue weighted by atomic mass is 10.1. The first-order valence-corrected chi connectivity index (χ1v) is 6.73. The first kappa shape index (κ1) is 15.6. The summed E-state index contributed by atoms with van der Waals surface area (Å²) in [6.45, 7) is 0. The Hall–Kier alpha value is -1.82. The number of hydrogen-bond donors (Lipinski definition) is 1. The van der Waals surface area contributed by atoms with Gasteiger partial charge in [0.1, 0.15) is 5.56 Å². The molecule has 8 heteroatoms. The molecule has 0 aliphatic rings. The van der Waals surface area contributed by atoms with E-state index in [4.69, 9.17) is 34.8 Å². The predicted molar refractivity (Wildman–Crippen MR) is 82.5 cm³/mol. The van der Waals surface area contributed by atoms with Gasteiger partial charge < -0.3 is 5.32 Å². The van der Waals surface area contributed by atoms with E-state index in [0.29, 0.717) is 0 Å². The number of benzene rings is 2. The number of hydrogen-bond acceptors (Lipinski definition) is 3. The van der Waals surface area contributed by atoms with Gasteiger partial charge in [-0.05, 0) is 24.3 Å². The molecule has 0 radical (unpaired) electrons. The maximum absolute atomic E-state index is 12.2. The number of anilines is 1. The van der Waals surface area contributed by atoms with Gasteiger partial charge in [-0.1, -0.05) is 40.9 Å². The Kier molecular flexibility index (Phi) is 4.67. The molecule has 0 spiro atoms. The highest BCUT2D eigenvalue weighted by Gasteiger charge is 2.21. The van der Waals surface area contributed by atoms with Gasteiger partial charge in [0.25, 0.3) is 11.6 Å². The van der Waals surface area contributed by atoms with Crippen LogP contribution in [0, 0.1) is 10.1 Å². The van der Waals surface area contributed by atoms with Gasteiger partial charge in [-0.15, -0.1) is 0 Å². The molecule has 0 heterocycles. The van der Waals surface area contributed by atoms with Gasteiger partial charge in [-0.25, -0.2) is 0 Å². The number of carbonyl (C=O) groups is 1. The van der Waals surface area contributed by atoms with E-state index < -0.39 is 16.5 Å². The van der Waals surface area contributed by atoms with Crippen molar-refractivity contribution in [2.24, 2.45) is 0 Å². The molecule has 0 saturated carbocycles. The fraction of sp³-hybridized carbons (Fsp3) is 0. The molecule has 2 aromatic carbocycles. The minimum absolute atomic E-state index is 0.125. The number of nitro groups is 1. The summed E-state index contributed by atoms with van der Waals surface area (Å²) >= 11 is 17.5. The van der Waals surface area contributed by atoms with E-state index in [1.807, 2.05) is 0 Å². The van der Waals surface area contributed by atoms with Crippen LogP contribution in [0.25, 0.3) is 0 Å². The average Bonchev–Trinajstić information content (AvgIpc) is 2.43. The van der Waals surface area contributed by atoms with Gasteiger partial charge in [0.15, 0.2) is 0 Å². The summed E-state index contributed by atoms with van der Waals surface area (Å²) < 4.78 is 0. The van der Waals surface area contributed by atoms with Crippen molar-refractivity contribution in [3.63, 3.8) is 0 Å². The molecular weight excluding hydrogens is 339 g/mol. The molecule has 0 bridgehead atoms. The van der Waals surface area contributed by atoms with Crippen molar-refractivity contribution in [3.05, 3.63) is 67.1 Å². The molecule has 0 aliphatic carbocycles. The molecule has 5 nitrogen and oxygen atoms in total. The van der Waals surface area contributed by atoms with Crippen LogP contribution in [0.1, 0.15) is 10.4 Å². The largest absolute Gasteiger partial charge is 0.320 e. The molecule has 0 aromatic heterocycles. The van der Waals surface area contributed by atoms with Gasteiger partial charge in [-0.2, -0.15) is 0 Å². The maximum atomic E-state index is 12.2. The Morgan fingerprint density at radius 2 is 1.86 bits per heavy atom. The third kappa shape index (κ3) is 3.44. The van der Waals surface area contributed by atoms with Crippen LogP contribution in [-0.4, -0.2) is 10.8 Å². The van der Waals surface area contributed by atoms with Gasteiger partial charge in [-0.3, -0.25) is 14.9 Å². The van der Waals surface area contributed by atoms with Crippen molar-refractivity contribution in [2.75, 3.05) is 5.32 Å². The average molecular weight is 346 g/mol. The van der Waals surface area contributed by atoms with Crippen molar-refractivity contribution < 1.29 is 9.72 Å². The van der Waals surface area contributed by atoms with Crippen molar-refractivity contribution in [1.29, 1.82) is 0 Å². The molecule has 1 N–H and O–H groups in total. The number of carbonyl (C=O) groups excluding carboxylic acids is 1. The third-order valence-corrected chi connectivity index (χ3v) is 3.65. The van der Waals surface area contributed by atoms with E-state index in [0.717, 1.165) is 6.07 Å². The van der Waals surface area contributed by atoms with Crippen LogP contribution < -0.4 is 5.32 Å². The number of nitro benzene ring substituents is 1. The van der Waals surface area contributed by atoms with E-state index in [9.17, 15) is 14.9 Å². The predicted octanol–water partition coefficient (Wildman–Crippen LogP) is 4.81. The molecule has 108 valence electrons.